The fourth-order valence-electron chi connectivity index (χ4n) is 11.7. The normalized spacial score (nSPS) is 16.5. The van der Waals surface area contributed by atoms with E-state index in [0.29, 0.717) is 31.4 Å². The summed E-state index contributed by atoms with van der Waals surface area (Å²) in [7, 11) is 10.1. The number of aldehydes is 1. The van der Waals surface area contributed by atoms with Crippen molar-refractivity contribution in [2.24, 2.45) is 23.7 Å². The van der Waals surface area contributed by atoms with Gasteiger partial charge in [0.1, 0.15) is 66.7 Å². The van der Waals surface area contributed by atoms with Crippen molar-refractivity contribution in [3.8, 4) is 0 Å². The molecule has 1 aliphatic rings. The highest BCUT2D eigenvalue weighted by Gasteiger charge is 2.44. The van der Waals surface area contributed by atoms with Crippen molar-refractivity contribution < 1.29 is 62.6 Å². The van der Waals surface area contributed by atoms with Gasteiger partial charge >= 0.3 is 0 Å². The molecule has 25 heteroatoms. The SMILES string of the molecule is CC[C@H](C)[C@@H](C(=O)N[C@@H](CC=O)C(=O)N(C)[C@@H](Cc1ccccc1)C(=O)N[C@@H](C)C(=O)N1CCCCC1)N(C)C(=O)[C@H](CC(C)C)N(C)C(=O)[C@@H](NC(=O)[C@H](C)N(C)C(=O)[C@@H](NC(=O)[C@H](CC(C)C)N(C)C(=O)[C@H](Cc1ccccc1)N(C)C(=O)[C@H](C)NC)[C@@H](C)O)C(C)C. The van der Waals surface area contributed by atoms with Gasteiger partial charge in [0.15, 0.2) is 0 Å². The van der Waals surface area contributed by atoms with E-state index in [0.717, 1.165) is 34.6 Å². The molecular formula is C70H112N12O13. The van der Waals surface area contributed by atoms with Crippen molar-refractivity contribution in [3.63, 3.8) is 0 Å². The van der Waals surface area contributed by atoms with Crippen LogP contribution in [0.15, 0.2) is 60.7 Å². The fraction of sp³-hybridized carbons (Fsp3) is 0.657. The molecule has 25 nitrogen and oxygen atoms in total. The minimum Gasteiger partial charge on any atom is -0.391 e. The molecule has 0 spiro atoms. The van der Waals surface area contributed by atoms with Crippen LogP contribution in [0.1, 0.15) is 139 Å². The Kier molecular flexibility index (Phi) is 33.2. The van der Waals surface area contributed by atoms with Gasteiger partial charge < -0.3 is 70.8 Å². The van der Waals surface area contributed by atoms with Gasteiger partial charge in [-0.1, -0.05) is 122 Å². The van der Waals surface area contributed by atoms with Crippen LogP contribution >= 0.6 is 0 Å². The topological polar surface area (TPSA) is 308 Å². The molecule has 0 saturated carbocycles. The first-order valence-electron chi connectivity index (χ1n) is 33.5. The third-order valence-corrected chi connectivity index (χ3v) is 18.3. The van der Waals surface area contributed by atoms with E-state index in [9.17, 15) is 57.8 Å². The Morgan fingerprint density at radius 1 is 0.495 bits per heavy atom. The number of carbonyl (C=O) groups is 12. The number of nitrogens with zero attached hydrogens (tertiary/aromatic N) is 7. The van der Waals surface area contributed by atoms with Gasteiger partial charge in [0, 0.05) is 74.6 Å². The van der Waals surface area contributed by atoms with E-state index in [2.05, 4.69) is 26.6 Å². The lowest BCUT2D eigenvalue weighted by atomic mass is 9.93. The largest absolute Gasteiger partial charge is 0.391 e. The predicted octanol–water partition coefficient (Wildman–Crippen LogP) is 2.80. The number of aliphatic hydroxyl groups excluding tert-OH is 1. The Hall–Kier alpha value is -7.80. The maximum atomic E-state index is 15.1. The molecule has 2 aromatic rings. The first-order valence-corrected chi connectivity index (χ1v) is 33.5. The average Bonchev–Trinajstić information content (AvgIpc) is 0.826. The van der Waals surface area contributed by atoms with E-state index in [1.807, 2.05) is 65.0 Å². The molecule has 6 N–H and O–H groups in total. The summed E-state index contributed by atoms with van der Waals surface area (Å²) in [6.45, 7) is 21.4. The fourth-order valence-corrected chi connectivity index (χ4v) is 11.7. The molecule has 1 saturated heterocycles. The summed E-state index contributed by atoms with van der Waals surface area (Å²) < 4.78 is 0. The smallest absolute Gasteiger partial charge is 0.248 e. The van der Waals surface area contributed by atoms with Gasteiger partial charge in [-0.05, 0) is 102 Å². The van der Waals surface area contributed by atoms with E-state index >= 15 is 4.79 Å². The number of likely N-dealkylation sites (tertiary alicyclic amines) is 1. The monoisotopic (exact) mass is 1330 g/mol. The Morgan fingerprint density at radius 3 is 1.43 bits per heavy atom. The van der Waals surface area contributed by atoms with Crippen LogP contribution in [0.4, 0.5) is 0 Å². The maximum absolute atomic E-state index is 15.1. The van der Waals surface area contributed by atoms with Gasteiger partial charge in [-0.2, -0.15) is 0 Å². The van der Waals surface area contributed by atoms with E-state index in [1.54, 1.807) is 76.9 Å². The zero-order valence-electron chi connectivity index (χ0n) is 59.8. The second-order valence-electron chi connectivity index (χ2n) is 27.0. The van der Waals surface area contributed by atoms with Crippen molar-refractivity contribution in [1.82, 2.24) is 60.9 Å². The number of hydrogen-bond donors (Lipinski definition) is 6. The molecule has 95 heavy (non-hydrogen) atoms. The average molecular weight is 1330 g/mol. The van der Waals surface area contributed by atoms with Gasteiger partial charge in [0.2, 0.25) is 65.0 Å². The first kappa shape index (κ1) is 81.4. The number of rotatable bonds is 36. The van der Waals surface area contributed by atoms with Gasteiger partial charge in [-0.3, -0.25) is 52.7 Å². The number of amides is 11. The van der Waals surface area contributed by atoms with Crippen LogP contribution in [0, 0.1) is 23.7 Å². The second-order valence-corrected chi connectivity index (χ2v) is 27.0. The zero-order valence-corrected chi connectivity index (χ0v) is 59.8. The van der Waals surface area contributed by atoms with E-state index in [1.165, 1.54) is 75.7 Å². The molecule has 1 heterocycles. The molecule has 0 radical (unpaired) electrons. The lowest BCUT2D eigenvalue weighted by Gasteiger charge is -2.39. The van der Waals surface area contributed by atoms with Crippen molar-refractivity contribution in [2.75, 3.05) is 62.4 Å². The summed E-state index contributed by atoms with van der Waals surface area (Å²) >= 11 is 0. The summed E-state index contributed by atoms with van der Waals surface area (Å²) in [5, 5.41) is 25.0. The number of nitrogens with one attached hydrogen (secondary N) is 5. The van der Waals surface area contributed by atoms with Crippen LogP contribution in [0.5, 0.6) is 0 Å². The highest BCUT2D eigenvalue weighted by molar-refractivity contribution is 5.99. The van der Waals surface area contributed by atoms with Crippen LogP contribution in [0.3, 0.4) is 0 Å². The van der Waals surface area contributed by atoms with Crippen LogP contribution in [0.2, 0.25) is 0 Å². The number of aliphatic hydroxyl groups is 1. The molecule has 1 fully saturated rings. The number of piperidine rings is 1. The highest BCUT2D eigenvalue weighted by atomic mass is 16.3. The number of hydrogen-bond acceptors (Lipinski definition) is 14. The van der Waals surface area contributed by atoms with Crippen molar-refractivity contribution >= 4 is 71.3 Å². The Labute approximate surface area is 563 Å². The van der Waals surface area contributed by atoms with Gasteiger partial charge in [0.25, 0.3) is 0 Å². The summed E-state index contributed by atoms with van der Waals surface area (Å²) in [6, 6.07) is 4.94. The standard InChI is InChI=1S/C70H112N12O13/c1-20-45(8)59(63(88)73-52(34-37-83)66(91)77(15)54(40-50-30-24-21-25-31-50)61(86)72-47(10)65(90)82-35-28-23-29-36-82)81(19)68(93)55(39-43(4)5)80(18)69(94)57(44(6)7)74-60(85)48(11)76(14)70(95)58(49(12)84)75-62(87)53(38-42(2)3)78(16)67(92)56(41-51-32-26-22-27-33-51)79(17)64(89)46(9)71-13/h21-22,24-27,30-33,37,42-49,52-59,71,84H,20,23,28-29,34-36,38-41H2,1-19H3,(H,72,86)(H,73,88)(H,74,85)(H,75,87)/t45-,46-,47-,48-,49+,52-,53-,54-,55-,56-,57-,58-,59-/m0/s1. The molecule has 0 aromatic heterocycles. The molecule has 1 aliphatic heterocycles. The third kappa shape index (κ3) is 22.9. The van der Waals surface area contributed by atoms with Crippen molar-refractivity contribution in [3.05, 3.63) is 71.8 Å². The van der Waals surface area contributed by atoms with E-state index < -0.39 is 144 Å². The van der Waals surface area contributed by atoms with E-state index in [4.69, 9.17) is 0 Å². The van der Waals surface area contributed by atoms with Gasteiger partial charge in [-0.15, -0.1) is 0 Å². The number of benzene rings is 2. The Balaban J connectivity index is 1.90. The van der Waals surface area contributed by atoms with Gasteiger partial charge in [-0.25, -0.2) is 0 Å². The van der Waals surface area contributed by atoms with E-state index in [-0.39, 0.29) is 49.3 Å². The van der Waals surface area contributed by atoms with Crippen LogP contribution < -0.4 is 26.6 Å². The summed E-state index contributed by atoms with van der Waals surface area (Å²) in [5.41, 5.74) is 1.48. The molecule has 530 valence electrons. The molecular weight excluding hydrogens is 1220 g/mol. The van der Waals surface area contributed by atoms with Crippen LogP contribution in [0.25, 0.3) is 0 Å². The molecule has 11 amide bonds. The minimum atomic E-state index is -1.62. The van der Waals surface area contributed by atoms with Crippen LogP contribution in [-0.2, 0) is 70.4 Å². The maximum Gasteiger partial charge on any atom is 0.248 e. The number of likely N-dealkylation sites (N-methyl/N-ethyl adjacent to an activating group) is 7. The molecule has 2 aromatic carbocycles. The molecule has 3 rings (SSSR count). The quantitative estimate of drug-likeness (QED) is 0.0535. The van der Waals surface area contributed by atoms with Crippen molar-refractivity contribution in [1.29, 1.82) is 0 Å². The lowest BCUT2D eigenvalue weighted by Crippen LogP contribution is -2.63. The molecule has 13 atom stereocenters. The Morgan fingerprint density at radius 2 is 0.947 bits per heavy atom. The third-order valence-electron chi connectivity index (χ3n) is 18.3. The lowest BCUT2D eigenvalue weighted by molar-refractivity contribution is -0.152. The van der Waals surface area contributed by atoms with Crippen molar-refractivity contribution in [2.45, 2.75) is 213 Å². The number of carbonyl (C=O) groups excluding carboxylic acids is 12. The second kappa shape index (κ2) is 38.7. The Bertz CT molecular complexity index is 2890. The highest BCUT2D eigenvalue weighted by Crippen LogP contribution is 2.24. The predicted molar refractivity (Wildman–Crippen MR) is 363 cm³/mol. The van der Waals surface area contributed by atoms with Crippen LogP contribution in [-0.4, -0.2) is 246 Å². The van der Waals surface area contributed by atoms with Gasteiger partial charge in [0.05, 0.1) is 12.1 Å². The first-order chi connectivity index (χ1) is 44.6. The summed E-state index contributed by atoms with van der Waals surface area (Å²) in [4.78, 5) is 180. The minimum absolute atomic E-state index is 0.0316. The molecule has 0 unspecified atom stereocenters. The summed E-state index contributed by atoms with van der Waals surface area (Å²) in [5.74, 6) is -8.54. The molecule has 0 bridgehead atoms. The summed E-state index contributed by atoms with van der Waals surface area (Å²) in [6.07, 6.45) is 1.94. The zero-order chi connectivity index (χ0) is 71.9. The molecule has 0 aliphatic carbocycles.